The number of nitrogens with one attached hydrogen (secondary N) is 1. The van der Waals surface area contributed by atoms with E-state index >= 15 is 0 Å². The molecule has 0 unspecified atom stereocenters. The molecular formula is C19H20N4O3S. The molecule has 7 nitrogen and oxygen atoms in total. The average Bonchev–Trinajstić information content (AvgIpc) is 3.26. The van der Waals surface area contributed by atoms with Crippen molar-refractivity contribution in [1.29, 1.82) is 0 Å². The SMILES string of the molecule is COc1cccc(C(=O)NCCn2nc(-c3cccs3)n(C3CC3)c2=O)c1. The van der Waals surface area contributed by atoms with Crippen LogP contribution in [-0.4, -0.2) is 33.9 Å². The zero-order valence-electron chi connectivity index (χ0n) is 14.9. The monoisotopic (exact) mass is 384 g/mol. The number of rotatable bonds is 7. The number of thiophene rings is 1. The summed E-state index contributed by atoms with van der Waals surface area (Å²) in [7, 11) is 1.56. The Kier molecular flexibility index (Phi) is 4.81. The lowest BCUT2D eigenvalue weighted by molar-refractivity contribution is 0.0951. The van der Waals surface area contributed by atoms with Crippen molar-refractivity contribution >= 4 is 17.2 Å². The second-order valence-electron chi connectivity index (χ2n) is 6.40. The lowest BCUT2D eigenvalue weighted by Crippen LogP contribution is -2.32. The van der Waals surface area contributed by atoms with Gasteiger partial charge in [-0.3, -0.25) is 9.36 Å². The van der Waals surface area contributed by atoms with Gasteiger partial charge in [0.15, 0.2) is 5.82 Å². The van der Waals surface area contributed by atoms with Crippen molar-refractivity contribution in [2.45, 2.75) is 25.4 Å². The molecule has 8 heteroatoms. The quantitative estimate of drug-likeness (QED) is 0.679. The van der Waals surface area contributed by atoms with Gasteiger partial charge in [-0.25, -0.2) is 9.48 Å². The fourth-order valence-electron chi connectivity index (χ4n) is 2.94. The third-order valence-corrected chi connectivity index (χ3v) is 5.33. The third kappa shape index (κ3) is 3.66. The summed E-state index contributed by atoms with van der Waals surface area (Å²) in [6.07, 6.45) is 2.02. The van der Waals surface area contributed by atoms with Crippen LogP contribution in [-0.2, 0) is 6.54 Å². The molecule has 2 aromatic heterocycles. The van der Waals surface area contributed by atoms with E-state index in [1.165, 1.54) is 4.68 Å². The minimum Gasteiger partial charge on any atom is -0.497 e. The van der Waals surface area contributed by atoms with Gasteiger partial charge in [-0.05, 0) is 42.5 Å². The predicted octanol–water partition coefficient (Wildman–Crippen LogP) is 2.55. The van der Waals surface area contributed by atoms with E-state index in [4.69, 9.17) is 4.74 Å². The summed E-state index contributed by atoms with van der Waals surface area (Å²) in [5.74, 6) is 1.14. The number of hydrogen-bond donors (Lipinski definition) is 1. The van der Waals surface area contributed by atoms with E-state index in [1.807, 2.05) is 17.5 Å². The normalized spacial score (nSPS) is 13.5. The number of carbonyl (C=O) groups is 1. The highest BCUT2D eigenvalue weighted by molar-refractivity contribution is 7.13. The lowest BCUT2D eigenvalue weighted by atomic mass is 10.2. The van der Waals surface area contributed by atoms with Crippen LogP contribution in [0.25, 0.3) is 10.7 Å². The van der Waals surface area contributed by atoms with E-state index in [1.54, 1.807) is 47.3 Å². The van der Waals surface area contributed by atoms with Gasteiger partial charge in [0.25, 0.3) is 5.91 Å². The summed E-state index contributed by atoms with van der Waals surface area (Å²) in [4.78, 5) is 26.0. The Hall–Kier alpha value is -2.87. The Balaban J connectivity index is 1.46. The minimum atomic E-state index is -0.206. The molecule has 27 heavy (non-hydrogen) atoms. The van der Waals surface area contributed by atoms with E-state index in [-0.39, 0.29) is 17.6 Å². The molecule has 1 saturated carbocycles. The molecule has 2 heterocycles. The number of benzene rings is 1. The first-order valence-corrected chi connectivity index (χ1v) is 9.71. The maximum Gasteiger partial charge on any atom is 0.346 e. The number of nitrogens with zero attached hydrogens (tertiary/aromatic N) is 3. The second-order valence-corrected chi connectivity index (χ2v) is 7.34. The molecule has 1 N–H and O–H groups in total. The summed E-state index contributed by atoms with van der Waals surface area (Å²) < 4.78 is 8.37. The first kappa shape index (κ1) is 17.5. The van der Waals surface area contributed by atoms with E-state index in [0.29, 0.717) is 24.4 Å². The predicted molar refractivity (Wildman–Crippen MR) is 103 cm³/mol. The van der Waals surface area contributed by atoms with Gasteiger partial charge >= 0.3 is 5.69 Å². The maximum atomic E-state index is 12.7. The highest BCUT2D eigenvalue weighted by atomic mass is 32.1. The number of hydrogen-bond acceptors (Lipinski definition) is 5. The molecule has 1 aromatic carbocycles. The Labute approximate surface area is 160 Å². The topological polar surface area (TPSA) is 78.2 Å². The van der Waals surface area contributed by atoms with Gasteiger partial charge in [-0.15, -0.1) is 16.4 Å². The number of ether oxygens (including phenoxy) is 1. The fraction of sp³-hybridized carbons (Fsp3) is 0.316. The van der Waals surface area contributed by atoms with Crippen LogP contribution in [0.3, 0.4) is 0 Å². The second kappa shape index (κ2) is 7.40. The van der Waals surface area contributed by atoms with E-state index < -0.39 is 0 Å². The Morgan fingerprint density at radius 1 is 1.33 bits per heavy atom. The molecular weight excluding hydrogens is 364 g/mol. The van der Waals surface area contributed by atoms with Crippen molar-refractivity contribution in [1.82, 2.24) is 19.7 Å². The molecule has 0 radical (unpaired) electrons. The highest BCUT2D eigenvalue weighted by Crippen LogP contribution is 2.37. The van der Waals surface area contributed by atoms with E-state index in [2.05, 4.69) is 10.4 Å². The van der Waals surface area contributed by atoms with Crippen LogP contribution in [0.2, 0.25) is 0 Å². The van der Waals surface area contributed by atoms with Gasteiger partial charge in [-0.1, -0.05) is 12.1 Å². The molecule has 1 fully saturated rings. The number of aromatic nitrogens is 3. The molecule has 1 amide bonds. The molecule has 0 saturated heterocycles. The standard InChI is InChI=1S/C19H20N4O3S/c1-26-15-5-2-4-13(12-15)18(24)20-9-10-22-19(25)23(14-7-8-14)17(21-22)16-6-3-11-27-16/h2-6,11-12,14H,7-10H2,1H3,(H,20,24). The van der Waals surface area contributed by atoms with Gasteiger partial charge < -0.3 is 10.1 Å². The molecule has 0 aliphatic heterocycles. The molecule has 3 aromatic rings. The van der Waals surface area contributed by atoms with Crippen molar-refractivity contribution < 1.29 is 9.53 Å². The summed E-state index contributed by atoms with van der Waals surface area (Å²) >= 11 is 1.57. The number of amides is 1. The van der Waals surface area contributed by atoms with Crippen molar-refractivity contribution in [2.75, 3.05) is 13.7 Å². The Bertz CT molecular complexity index is 1000. The van der Waals surface area contributed by atoms with Crippen LogP contribution in [0.5, 0.6) is 5.75 Å². The Morgan fingerprint density at radius 2 is 2.19 bits per heavy atom. The minimum absolute atomic E-state index is 0.114. The fourth-order valence-corrected chi connectivity index (χ4v) is 3.65. The van der Waals surface area contributed by atoms with Crippen molar-refractivity contribution in [3.05, 3.63) is 57.8 Å². The third-order valence-electron chi connectivity index (χ3n) is 4.47. The van der Waals surface area contributed by atoms with Crippen LogP contribution < -0.4 is 15.7 Å². The first-order valence-electron chi connectivity index (χ1n) is 8.83. The van der Waals surface area contributed by atoms with Gasteiger partial charge in [0, 0.05) is 18.2 Å². The summed E-state index contributed by atoms with van der Waals surface area (Å²) in [5, 5.41) is 9.33. The van der Waals surface area contributed by atoms with Gasteiger partial charge in [0.2, 0.25) is 0 Å². The lowest BCUT2D eigenvalue weighted by Gasteiger charge is -2.06. The molecule has 140 valence electrons. The molecule has 0 bridgehead atoms. The molecule has 4 rings (SSSR count). The summed E-state index contributed by atoms with van der Waals surface area (Å²) in [6, 6.07) is 11.1. The van der Waals surface area contributed by atoms with E-state index in [9.17, 15) is 9.59 Å². The zero-order valence-corrected chi connectivity index (χ0v) is 15.7. The zero-order chi connectivity index (χ0) is 18.8. The highest BCUT2D eigenvalue weighted by Gasteiger charge is 2.30. The van der Waals surface area contributed by atoms with E-state index in [0.717, 1.165) is 23.5 Å². The average molecular weight is 384 g/mol. The van der Waals surface area contributed by atoms with Crippen molar-refractivity contribution in [3.8, 4) is 16.5 Å². The first-order chi connectivity index (χ1) is 13.2. The molecule has 1 aliphatic carbocycles. The smallest absolute Gasteiger partial charge is 0.346 e. The number of carbonyl (C=O) groups excluding carboxylic acids is 1. The molecule has 0 spiro atoms. The maximum absolute atomic E-state index is 12.7. The van der Waals surface area contributed by atoms with Gasteiger partial charge in [0.05, 0.1) is 18.5 Å². The number of methoxy groups -OCH3 is 1. The summed E-state index contributed by atoms with van der Waals surface area (Å²) in [6.45, 7) is 0.647. The van der Waals surface area contributed by atoms with Crippen LogP contribution in [0.4, 0.5) is 0 Å². The van der Waals surface area contributed by atoms with Crippen molar-refractivity contribution in [2.24, 2.45) is 0 Å². The van der Waals surface area contributed by atoms with Crippen molar-refractivity contribution in [3.63, 3.8) is 0 Å². The van der Waals surface area contributed by atoms with Crippen LogP contribution in [0.15, 0.2) is 46.6 Å². The summed E-state index contributed by atoms with van der Waals surface area (Å²) in [5.41, 5.74) is 0.404. The van der Waals surface area contributed by atoms with Crippen LogP contribution in [0, 0.1) is 0 Å². The van der Waals surface area contributed by atoms with Gasteiger partial charge in [0.1, 0.15) is 5.75 Å². The molecule has 1 aliphatic rings. The Morgan fingerprint density at radius 3 is 2.89 bits per heavy atom. The van der Waals surface area contributed by atoms with Gasteiger partial charge in [-0.2, -0.15) is 0 Å². The largest absolute Gasteiger partial charge is 0.497 e. The molecule has 0 atom stereocenters. The van der Waals surface area contributed by atoms with Crippen LogP contribution in [0.1, 0.15) is 29.2 Å². The van der Waals surface area contributed by atoms with Crippen LogP contribution >= 0.6 is 11.3 Å².